The average molecular weight is 383 g/mol. The van der Waals surface area contributed by atoms with E-state index in [9.17, 15) is 14.5 Å². The molecule has 0 heterocycles. The molecule has 146 valence electrons. The van der Waals surface area contributed by atoms with Gasteiger partial charge in [0.1, 0.15) is 5.75 Å². The number of carbonyl (C=O) groups excluding carboxylic acids is 1. The van der Waals surface area contributed by atoms with Gasteiger partial charge < -0.3 is 5.11 Å². The highest BCUT2D eigenvalue weighted by atomic mass is 31.1. The van der Waals surface area contributed by atoms with Crippen molar-refractivity contribution in [3.05, 3.63) is 28.8 Å². The summed E-state index contributed by atoms with van der Waals surface area (Å²) in [6.45, 7) is 15.8. The minimum absolute atomic E-state index is 0.175. The van der Waals surface area contributed by atoms with Gasteiger partial charge in [-0.3, -0.25) is 4.79 Å². The lowest BCUT2D eigenvalue weighted by molar-refractivity contribution is -0.122. The molecular formula is C20H32O5P+. The van der Waals surface area contributed by atoms with Crippen molar-refractivity contribution in [2.75, 3.05) is 6.61 Å². The van der Waals surface area contributed by atoms with Crippen molar-refractivity contribution in [3.8, 4) is 5.75 Å². The van der Waals surface area contributed by atoms with Crippen LogP contribution in [0.25, 0.3) is 0 Å². The van der Waals surface area contributed by atoms with Crippen LogP contribution in [0.4, 0.5) is 0 Å². The zero-order valence-corrected chi connectivity index (χ0v) is 18.0. The summed E-state index contributed by atoms with van der Waals surface area (Å²) in [4.78, 5) is 20.9. The van der Waals surface area contributed by atoms with E-state index in [0.717, 1.165) is 16.7 Å². The van der Waals surface area contributed by atoms with Crippen LogP contribution < -0.4 is 0 Å². The summed E-state index contributed by atoms with van der Waals surface area (Å²) in [6, 6.07) is 3.93. The fourth-order valence-electron chi connectivity index (χ4n) is 2.94. The van der Waals surface area contributed by atoms with Crippen molar-refractivity contribution in [1.29, 1.82) is 0 Å². The Kier molecular flexibility index (Phi) is 6.79. The van der Waals surface area contributed by atoms with Crippen LogP contribution in [0.5, 0.6) is 5.75 Å². The first-order valence-electron chi connectivity index (χ1n) is 8.75. The summed E-state index contributed by atoms with van der Waals surface area (Å²) in [5.74, 6) is 0.0616. The fraction of sp³-hybridized carbons (Fsp3) is 0.650. The third kappa shape index (κ3) is 5.87. The second-order valence-electron chi connectivity index (χ2n) is 9.53. The van der Waals surface area contributed by atoms with E-state index in [0.29, 0.717) is 5.75 Å². The van der Waals surface area contributed by atoms with Gasteiger partial charge in [0.2, 0.25) is 0 Å². The maximum absolute atomic E-state index is 12.2. The molecule has 0 saturated carbocycles. The number of rotatable bonds is 6. The van der Waals surface area contributed by atoms with Crippen LogP contribution in [0.15, 0.2) is 12.1 Å². The predicted molar refractivity (Wildman–Crippen MR) is 104 cm³/mol. The van der Waals surface area contributed by atoms with Crippen LogP contribution in [0.2, 0.25) is 0 Å². The summed E-state index contributed by atoms with van der Waals surface area (Å²) in [5, 5.41) is 10.8. The largest absolute Gasteiger partial charge is 0.695 e. The topological polar surface area (TPSA) is 83.8 Å². The summed E-state index contributed by atoms with van der Waals surface area (Å²) >= 11 is 0. The Labute approximate surface area is 157 Å². The van der Waals surface area contributed by atoms with E-state index >= 15 is 0 Å². The van der Waals surface area contributed by atoms with Gasteiger partial charge in [0.15, 0.2) is 12.4 Å². The Morgan fingerprint density at radius 2 is 1.42 bits per heavy atom. The molecule has 0 fully saturated rings. The Balaban J connectivity index is 3.38. The standard InChI is InChI=1S/C20H31O5P/c1-18(2,3)15-9-13(10-16(17(15)22)19(4,5)6)20(7,8)11-14(21)12-25-26(23)24/h9-10H,11-12H2,1-8H3,(H-,22,23,24)/p+1. The van der Waals surface area contributed by atoms with Gasteiger partial charge >= 0.3 is 8.25 Å². The SMILES string of the molecule is CC(C)(C)c1cc(C(C)(C)CC(=O)CO[P+](=O)O)cc(C(C)(C)C)c1O. The number of hydrogen-bond acceptors (Lipinski definition) is 4. The normalized spacial score (nSPS) is 13.7. The number of carbonyl (C=O) groups is 1. The molecule has 0 radical (unpaired) electrons. The minimum Gasteiger partial charge on any atom is -0.507 e. The molecular weight excluding hydrogens is 351 g/mol. The van der Waals surface area contributed by atoms with E-state index in [4.69, 9.17) is 4.89 Å². The number of benzene rings is 1. The summed E-state index contributed by atoms with van der Waals surface area (Å²) in [7, 11) is -2.78. The van der Waals surface area contributed by atoms with Gasteiger partial charge in [0, 0.05) is 11.0 Å². The molecule has 1 aromatic carbocycles. The van der Waals surface area contributed by atoms with Crippen molar-refractivity contribution in [3.63, 3.8) is 0 Å². The molecule has 26 heavy (non-hydrogen) atoms. The van der Waals surface area contributed by atoms with E-state index in [1.807, 2.05) is 67.5 Å². The van der Waals surface area contributed by atoms with Gasteiger partial charge in [0.05, 0.1) is 0 Å². The quantitative estimate of drug-likeness (QED) is 0.683. The number of aromatic hydroxyl groups is 1. The second-order valence-corrected chi connectivity index (χ2v) is 10.3. The van der Waals surface area contributed by atoms with Gasteiger partial charge in [-0.2, -0.15) is 0 Å². The zero-order valence-electron chi connectivity index (χ0n) is 17.1. The summed E-state index contributed by atoms with van der Waals surface area (Å²) in [6.07, 6.45) is 0.175. The molecule has 0 aliphatic carbocycles. The minimum atomic E-state index is -2.78. The smallest absolute Gasteiger partial charge is 0.507 e. The molecule has 1 aromatic rings. The third-order valence-corrected chi connectivity index (χ3v) is 4.83. The number of phenolic OH excluding ortho intramolecular Hbond substituents is 1. The van der Waals surface area contributed by atoms with Crippen LogP contribution in [0.3, 0.4) is 0 Å². The lowest BCUT2D eigenvalue weighted by Crippen LogP contribution is -2.26. The maximum atomic E-state index is 12.2. The maximum Gasteiger partial charge on any atom is 0.695 e. The Bertz CT molecular complexity index is 658. The molecule has 2 N–H and O–H groups in total. The zero-order chi connectivity index (χ0) is 20.5. The summed E-state index contributed by atoms with van der Waals surface area (Å²) < 4.78 is 15.2. The van der Waals surface area contributed by atoms with E-state index in [1.54, 1.807) is 0 Å². The monoisotopic (exact) mass is 383 g/mol. The molecule has 0 bridgehead atoms. The van der Waals surface area contributed by atoms with E-state index < -0.39 is 13.7 Å². The van der Waals surface area contributed by atoms with Crippen molar-refractivity contribution in [2.45, 2.75) is 78.1 Å². The number of ketones is 1. The Morgan fingerprint density at radius 1 is 1.00 bits per heavy atom. The second kappa shape index (κ2) is 7.75. The highest BCUT2D eigenvalue weighted by Crippen LogP contribution is 2.42. The lowest BCUT2D eigenvalue weighted by atomic mass is 9.73. The van der Waals surface area contributed by atoms with Crippen molar-refractivity contribution < 1.29 is 23.9 Å². The van der Waals surface area contributed by atoms with Gasteiger partial charge in [0.25, 0.3) is 0 Å². The molecule has 1 unspecified atom stereocenters. The number of hydrogen-bond donors (Lipinski definition) is 2. The first kappa shape index (κ1) is 22.8. The number of phenols is 1. The molecule has 0 saturated heterocycles. The molecule has 0 amide bonds. The van der Waals surface area contributed by atoms with Gasteiger partial charge in [-0.25, -0.2) is 0 Å². The van der Waals surface area contributed by atoms with E-state index in [1.165, 1.54) is 0 Å². The lowest BCUT2D eigenvalue weighted by Gasteiger charge is -2.32. The molecule has 1 rings (SSSR count). The first-order valence-corrected chi connectivity index (χ1v) is 9.88. The van der Waals surface area contributed by atoms with Crippen LogP contribution in [0, 0.1) is 0 Å². The van der Waals surface area contributed by atoms with Crippen LogP contribution in [-0.4, -0.2) is 22.4 Å². The van der Waals surface area contributed by atoms with E-state index in [2.05, 4.69) is 4.52 Å². The van der Waals surface area contributed by atoms with Crippen molar-refractivity contribution in [1.82, 2.24) is 0 Å². The van der Waals surface area contributed by atoms with Gasteiger partial charge in [-0.15, -0.1) is 9.42 Å². The number of Topliss-reactive ketones (excluding diaryl/α,β-unsaturated/α-hetero) is 1. The molecule has 0 aliphatic rings. The Hall–Kier alpha value is -1.29. The third-order valence-electron chi connectivity index (χ3n) is 4.48. The van der Waals surface area contributed by atoms with Crippen LogP contribution in [-0.2, 0) is 30.1 Å². The van der Waals surface area contributed by atoms with Gasteiger partial charge in [-0.05, 0) is 32.9 Å². The molecule has 0 aliphatic heterocycles. The molecule has 1 atom stereocenters. The fourth-order valence-corrected chi connectivity index (χ4v) is 3.20. The van der Waals surface area contributed by atoms with E-state index in [-0.39, 0.29) is 29.6 Å². The molecule has 0 aromatic heterocycles. The Morgan fingerprint density at radius 3 is 1.77 bits per heavy atom. The average Bonchev–Trinajstić information content (AvgIpc) is 2.42. The first-order chi connectivity index (χ1) is 11.6. The predicted octanol–water partition coefficient (Wildman–Crippen LogP) is 4.89. The van der Waals surface area contributed by atoms with Crippen LogP contribution in [0.1, 0.15) is 78.5 Å². The van der Waals surface area contributed by atoms with Crippen molar-refractivity contribution >= 4 is 14.0 Å². The van der Waals surface area contributed by atoms with Crippen LogP contribution >= 0.6 is 8.25 Å². The molecule has 5 nitrogen and oxygen atoms in total. The van der Waals surface area contributed by atoms with Gasteiger partial charge in [-0.1, -0.05) is 67.5 Å². The highest BCUT2D eigenvalue weighted by molar-refractivity contribution is 7.32. The molecule has 0 spiro atoms. The molecule has 6 heteroatoms. The van der Waals surface area contributed by atoms with Crippen molar-refractivity contribution in [2.24, 2.45) is 0 Å². The highest BCUT2D eigenvalue weighted by Gasteiger charge is 2.32. The summed E-state index contributed by atoms with van der Waals surface area (Å²) in [5.41, 5.74) is 1.63.